The van der Waals surface area contributed by atoms with Gasteiger partial charge >= 0.3 is 0 Å². The molecule has 1 saturated heterocycles. The normalized spacial score (nSPS) is 28.5. The van der Waals surface area contributed by atoms with E-state index in [9.17, 15) is 67.8 Å². The Kier molecular flexibility index (Phi) is 16.0. The molecule has 0 radical (unpaired) electrons. The summed E-state index contributed by atoms with van der Waals surface area (Å²) in [6.45, 7) is 1.97. The largest absolute Gasteiger partial charge is 0.508 e. The number of amides is 9. The molecule has 5 rings (SSSR count). The van der Waals surface area contributed by atoms with Crippen LogP contribution in [0, 0.1) is 11.8 Å². The summed E-state index contributed by atoms with van der Waals surface area (Å²) in [6, 6.07) is -6.28. The number of fused-ring (bicyclic) bond motifs is 5. The van der Waals surface area contributed by atoms with Gasteiger partial charge in [-0.15, -0.1) is 0 Å². The van der Waals surface area contributed by atoms with Gasteiger partial charge in [0.2, 0.25) is 53.2 Å². The third kappa shape index (κ3) is 11.5. The number of hydrogen-bond acceptors (Lipinski definition) is 14. The maximum absolute atomic E-state index is 14.6. The fourth-order valence-corrected chi connectivity index (χ4v) is 9.02. The van der Waals surface area contributed by atoms with Gasteiger partial charge in [-0.2, -0.15) is 0 Å². The number of primary amides is 1. The second-order valence-corrected chi connectivity index (χ2v) is 17.6. The molecule has 0 saturated carbocycles. The van der Waals surface area contributed by atoms with Gasteiger partial charge in [0, 0.05) is 43.4 Å². The van der Waals surface area contributed by atoms with Crippen molar-refractivity contribution in [3.63, 3.8) is 0 Å². The van der Waals surface area contributed by atoms with Crippen molar-refractivity contribution in [1.29, 1.82) is 0 Å². The van der Waals surface area contributed by atoms with Crippen LogP contribution >= 0.6 is 0 Å². The number of nitrogens with one attached hydrogen (secondary N) is 8. The van der Waals surface area contributed by atoms with Crippen LogP contribution in [0.15, 0.2) is 23.2 Å². The number of nitrogens with two attached hydrogens (primary N) is 1. The van der Waals surface area contributed by atoms with E-state index in [1.54, 1.807) is 13.8 Å². The van der Waals surface area contributed by atoms with Crippen molar-refractivity contribution >= 4 is 74.9 Å². The van der Waals surface area contributed by atoms with E-state index in [0.717, 1.165) is 4.90 Å². The molecular weight excluding hydrogens is 865 g/mol. The lowest BCUT2D eigenvalue weighted by molar-refractivity contribution is -0.144. The van der Waals surface area contributed by atoms with Crippen molar-refractivity contribution in [1.82, 2.24) is 47.1 Å². The fraction of sp³-hybridized carbons (Fsp3) is 0.564. The van der Waals surface area contributed by atoms with E-state index in [2.05, 4.69) is 42.2 Å². The number of benzene rings is 1. The zero-order chi connectivity index (χ0) is 47.2. The van der Waals surface area contributed by atoms with Crippen molar-refractivity contribution in [2.24, 2.45) is 17.6 Å². The smallest absolute Gasteiger partial charge is 0.246 e. The van der Waals surface area contributed by atoms with Gasteiger partial charge in [-0.1, -0.05) is 27.2 Å². The van der Waals surface area contributed by atoms with Crippen LogP contribution in [0.2, 0.25) is 0 Å². The Morgan fingerprint density at radius 3 is 2.20 bits per heavy atom. The van der Waals surface area contributed by atoms with Crippen LogP contribution in [0.25, 0.3) is 10.9 Å². The molecule has 1 aromatic heterocycles. The van der Waals surface area contributed by atoms with Crippen LogP contribution in [0.5, 0.6) is 5.75 Å². The van der Waals surface area contributed by atoms with Crippen molar-refractivity contribution in [2.45, 2.75) is 99.9 Å². The minimum absolute atomic E-state index is 0.0669. The number of hydrogen-bond donors (Lipinski definition) is 13. The predicted molar refractivity (Wildman–Crippen MR) is 222 cm³/mol. The van der Waals surface area contributed by atoms with Gasteiger partial charge in [-0.25, -0.2) is 0 Å². The van der Waals surface area contributed by atoms with Gasteiger partial charge in [0.15, 0.2) is 0 Å². The first-order valence-corrected chi connectivity index (χ1v) is 21.9. The molecule has 24 nitrogen and oxygen atoms in total. The molecule has 3 aliphatic rings. The number of nitrogens with zero attached hydrogens (tertiary/aromatic N) is 1. The van der Waals surface area contributed by atoms with E-state index in [1.165, 1.54) is 25.1 Å². The number of aromatic hydroxyl groups is 1. The molecule has 3 aliphatic heterocycles. The SMILES string of the molecule is CC[C@H](C)[C@@H]1NC(=O)CNC(=O)[C@H]2Cc3c([nH]c4cc(O)ccc34)S(=O)C[C@H](NC(=O)CNC1=O)C(=O)N[C@@H](CC(N)=O)C(=O)N1C[C@H](O)C[C@H]1C(=O)N[C@@H]([C@@H](O)[C@@H](C)CO)C(=O)N2. The third-order valence-electron chi connectivity index (χ3n) is 11.4. The summed E-state index contributed by atoms with van der Waals surface area (Å²) in [5.41, 5.74) is 5.70. The molecule has 1 aromatic carbocycles. The summed E-state index contributed by atoms with van der Waals surface area (Å²) in [5, 5.41) is 59.3. The van der Waals surface area contributed by atoms with E-state index in [1.807, 2.05) is 0 Å². The molecule has 2 aromatic rings. The molecule has 11 atom stereocenters. The first kappa shape index (κ1) is 48.8. The summed E-state index contributed by atoms with van der Waals surface area (Å²) in [7, 11) is -2.39. The van der Waals surface area contributed by atoms with Gasteiger partial charge in [0.05, 0.1) is 53.8 Å². The average Bonchev–Trinajstić information content (AvgIpc) is 3.82. The van der Waals surface area contributed by atoms with E-state index < -0.39 is 176 Å². The number of phenolic OH excluding ortho intramolecular Hbond substituents is 1. The Hall–Kier alpha value is -6.18. The van der Waals surface area contributed by atoms with Crippen LogP contribution in [-0.2, 0) is 60.4 Å². The van der Waals surface area contributed by atoms with Crippen LogP contribution in [0.4, 0.5) is 0 Å². The van der Waals surface area contributed by atoms with Gasteiger partial charge in [-0.05, 0) is 23.6 Å². The minimum atomic E-state index is -2.39. The van der Waals surface area contributed by atoms with Gasteiger partial charge in [-0.3, -0.25) is 47.4 Å². The molecule has 1 unspecified atom stereocenters. The van der Waals surface area contributed by atoms with E-state index >= 15 is 0 Å². The Bertz CT molecular complexity index is 2200. The van der Waals surface area contributed by atoms with Crippen LogP contribution in [0.1, 0.15) is 45.6 Å². The molecule has 64 heavy (non-hydrogen) atoms. The quantitative estimate of drug-likeness (QED) is 0.123. The number of rotatable bonds is 7. The second-order valence-electron chi connectivity index (χ2n) is 16.2. The first-order chi connectivity index (χ1) is 30.2. The van der Waals surface area contributed by atoms with E-state index in [4.69, 9.17) is 5.73 Å². The van der Waals surface area contributed by atoms with Crippen LogP contribution in [-0.4, -0.2) is 168 Å². The number of phenols is 1. The summed E-state index contributed by atoms with van der Waals surface area (Å²) in [4.78, 5) is 127. The van der Waals surface area contributed by atoms with Gasteiger partial charge < -0.3 is 73.3 Å². The number of aliphatic hydroxyl groups is 3. The molecule has 350 valence electrons. The van der Waals surface area contributed by atoms with E-state index in [-0.39, 0.29) is 27.2 Å². The summed E-state index contributed by atoms with van der Waals surface area (Å²) in [5.74, 6) is -12.1. The van der Waals surface area contributed by atoms with Crippen molar-refractivity contribution in [3.05, 3.63) is 23.8 Å². The standard InChI is InChI=1S/C39H54N10O14S/c1-4-16(2)30-36(60)42-11-28(54)43-25-15-64(63)38-21(20-6-5-18(51)7-22(20)46-38)9-23(33(57)41-12-29(55)47-30)44-37(61)31(32(56)17(3)14-50)48-35(59)26-8-19(52)13-49(26)39(62)24(10-27(40)53)45-34(25)58/h5-7,16-17,19,23-26,30-32,46,50-52,56H,4,8-15H2,1-3H3,(H2,40,53)(H,41,57)(H,42,60)(H,43,54)(H,44,61)(H,45,58)(H,47,55)(H,48,59)/t16-,17-,19+,23+,24-,25-,26-,30-,31-,32-,64?/m0/s1. The highest BCUT2D eigenvalue weighted by Gasteiger charge is 2.45. The molecule has 1 fully saturated rings. The Labute approximate surface area is 368 Å². The van der Waals surface area contributed by atoms with Crippen molar-refractivity contribution in [2.75, 3.05) is 32.0 Å². The monoisotopic (exact) mass is 918 g/mol. The van der Waals surface area contributed by atoms with E-state index in [0.29, 0.717) is 6.42 Å². The molecule has 0 spiro atoms. The summed E-state index contributed by atoms with van der Waals surface area (Å²) in [6.07, 6.45) is -4.69. The molecule has 4 heterocycles. The molecule has 0 aliphatic carbocycles. The highest BCUT2D eigenvalue weighted by atomic mass is 32.2. The topological polar surface area (TPSA) is 381 Å². The van der Waals surface area contributed by atoms with Crippen molar-refractivity contribution in [3.8, 4) is 5.75 Å². The first-order valence-electron chi connectivity index (χ1n) is 20.6. The summed E-state index contributed by atoms with van der Waals surface area (Å²) < 4.78 is 14.6. The molecule has 14 N–H and O–H groups in total. The van der Waals surface area contributed by atoms with Crippen molar-refractivity contribution < 1.29 is 67.8 Å². The lowest BCUT2D eigenvalue weighted by Crippen LogP contribution is -2.63. The van der Waals surface area contributed by atoms with Crippen LogP contribution in [0.3, 0.4) is 0 Å². The molecular formula is C39H54N10O14S. The lowest BCUT2D eigenvalue weighted by Gasteiger charge is -2.32. The molecule has 9 amide bonds. The Morgan fingerprint density at radius 2 is 1.55 bits per heavy atom. The number of aliphatic hydroxyl groups excluding tert-OH is 3. The number of aromatic nitrogens is 1. The zero-order valence-electron chi connectivity index (χ0n) is 35.2. The predicted octanol–water partition coefficient (Wildman–Crippen LogP) is -5.92. The number of carbonyl (C=O) groups excluding carboxylic acids is 9. The minimum Gasteiger partial charge on any atom is -0.508 e. The van der Waals surface area contributed by atoms with Gasteiger partial charge in [0.25, 0.3) is 0 Å². The van der Waals surface area contributed by atoms with Crippen LogP contribution < -0.4 is 43.0 Å². The van der Waals surface area contributed by atoms with Gasteiger partial charge in [0.1, 0.15) is 47.0 Å². The zero-order valence-corrected chi connectivity index (χ0v) is 36.0. The Morgan fingerprint density at radius 1 is 0.875 bits per heavy atom. The maximum Gasteiger partial charge on any atom is 0.246 e. The fourth-order valence-electron chi connectivity index (χ4n) is 7.62. The highest BCUT2D eigenvalue weighted by molar-refractivity contribution is 7.85. The number of H-pyrrole nitrogens is 1. The maximum atomic E-state index is 14.6. The Balaban J connectivity index is 1.73. The number of carbonyl (C=O) groups is 9. The molecule has 2 bridgehead atoms. The molecule has 25 heteroatoms. The highest BCUT2D eigenvalue weighted by Crippen LogP contribution is 2.30. The third-order valence-corrected chi connectivity index (χ3v) is 12.9. The average molecular weight is 919 g/mol. The number of aromatic amines is 1. The summed E-state index contributed by atoms with van der Waals surface area (Å²) >= 11 is 0. The lowest BCUT2D eigenvalue weighted by atomic mass is 9.96. The second kappa shape index (κ2) is 21.0.